The molecule has 2 unspecified atom stereocenters. The Balaban J connectivity index is 1.78. The Bertz CT molecular complexity index is 461. The van der Waals surface area contributed by atoms with Crippen LogP contribution in [-0.4, -0.2) is 0 Å². The summed E-state index contributed by atoms with van der Waals surface area (Å²) >= 11 is 2.05. The number of aryl methyl sites for hydroxylation is 2. The van der Waals surface area contributed by atoms with Crippen molar-refractivity contribution < 1.29 is 0 Å². The fourth-order valence-electron chi connectivity index (χ4n) is 2.13. The average Bonchev–Trinajstić information content (AvgIpc) is 3.11. The van der Waals surface area contributed by atoms with Gasteiger partial charge in [0.2, 0.25) is 0 Å². The molecule has 2 aromatic carbocycles. The maximum Gasteiger partial charge on any atom is 0.0463 e. The first kappa shape index (κ1) is 10.9. The smallest absolute Gasteiger partial charge is 0.0463 e. The van der Waals surface area contributed by atoms with E-state index in [4.69, 9.17) is 0 Å². The number of benzene rings is 2. The second-order valence-electron chi connectivity index (χ2n) is 4.80. The van der Waals surface area contributed by atoms with Gasteiger partial charge in [-0.25, -0.2) is 0 Å². The van der Waals surface area contributed by atoms with Crippen LogP contribution in [0.4, 0.5) is 0 Å². The SMILES string of the molecule is Cc1ccc(C2SC2c2ccc(C)cc2)cc1. The number of thioether (sulfide) groups is 1. The van der Waals surface area contributed by atoms with Crippen LogP contribution >= 0.6 is 11.8 Å². The van der Waals surface area contributed by atoms with Crippen molar-refractivity contribution in [2.24, 2.45) is 0 Å². The number of hydrogen-bond acceptors (Lipinski definition) is 1. The minimum atomic E-state index is 0.665. The van der Waals surface area contributed by atoms with E-state index in [1.165, 1.54) is 22.3 Å². The second kappa shape index (κ2) is 4.23. The van der Waals surface area contributed by atoms with Gasteiger partial charge in [-0.1, -0.05) is 59.7 Å². The molecule has 0 radical (unpaired) electrons. The highest BCUT2D eigenvalue weighted by molar-refractivity contribution is 8.06. The predicted molar refractivity (Wildman–Crippen MR) is 75.4 cm³/mol. The number of hydrogen-bond donors (Lipinski definition) is 0. The summed E-state index contributed by atoms with van der Waals surface area (Å²) in [7, 11) is 0. The minimum Gasteiger partial charge on any atom is -0.143 e. The van der Waals surface area contributed by atoms with Crippen LogP contribution in [0.25, 0.3) is 0 Å². The van der Waals surface area contributed by atoms with Crippen molar-refractivity contribution in [3.05, 3.63) is 70.8 Å². The molecule has 1 aliphatic rings. The van der Waals surface area contributed by atoms with Crippen LogP contribution < -0.4 is 0 Å². The van der Waals surface area contributed by atoms with Crippen LogP contribution in [0.15, 0.2) is 48.5 Å². The average molecular weight is 240 g/mol. The molecule has 0 N–H and O–H groups in total. The Labute approximate surface area is 107 Å². The monoisotopic (exact) mass is 240 g/mol. The molecule has 1 saturated heterocycles. The highest BCUT2D eigenvalue weighted by Crippen LogP contribution is 2.65. The summed E-state index contributed by atoms with van der Waals surface area (Å²) in [5, 5.41) is 1.33. The molecule has 2 aromatic rings. The molecule has 1 heterocycles. The van der Waals surface area contributed by atoms with E-state index in [9.17, 15) is 0 Å². The fourth-order valence-corrected chi connectivity index (χ4v) is 3.30. The zero-order chi connectivity index (χ0) is 11.8. The van der Waals surface area contributed by atoms with Crippen molar-refractivity contribution in [1.29, 1.82) is 0 Å². The van der Waals surface area contributed by atoms with Crippen LogP contribution in [0, 0.1) is 13.8 Å². The molecule has 86 valence electrons. The first-order valence-electron chi connectivity index (χ1n) is 6.02. The lowest BCUT2D eigenvalue weighted by Crippen LogP contribution is -1.85. The molecule has 0 saturated carbocycles. The summed E-state index contributed by atoms with van der Waals surface area (Å²) in [6, 6.07) is 17.9. The highest BCUT2D eigenvalue weighted by Gasteiger charge is 2.40. The summed E-state index contributed by atoms with van der Waals surface area (Å²) in [6.45, 7) is 4.28. The molecule has 1 fully saturated rings. The number of rotatable bonds is 2. The van der Waals surface area contributed by atoms with Gasteiger partial charge < -0.3 is 0 Å². The summed E-state index contributed by atoms with van der Waals surface area (Å²) < 4.78 is 0. The first-order chi connectivity index (χ1) is 8.24. The third kappa shape index (κ3) is 2.25. The summed E-state index contributed by atoms with van der Waals surface area (Å²) in [4.78, 5) is 0. The van der Waals surface area contributed by atoms with Gasteiger partial charge >= 0.3 is 0 Å². The van der Waals surface area contributed by atoms with E-state index >= 15 is 0 Å². The van der Waals surface area contributed by atoms with E-state index in [-0.39, 0.29) is 0 Å². The van der Waals surface area contributed by atoms with Gasteiger partial charge in [-0.2, -0.15) is 0 Å². The van der Waals surface area contributed by atoms with E-state index < -0.39 is 0 Å². The standard InChI is InChI=1S/C16H16S/c1-11-3-7-13(8-4-11)15-16(17-15)14-9-5-12(2)6-10-14/h3-10,15-16H,1-2H3. The van der Waals surface area contributed by atoms with Crippen LogP contribution in [0.3, 0.4) is 0 Å². The maximum absolute atomic E-state index is 2.27. The van der Waals surface area contributed by atoms with E-state index in [1.54, 1.807) is 0 Å². The minimum absolute atomic E-state index is 0.665. The second-order valence-corrected chi connectivity index (χ2v) is 6.09. The molecule has 0 aliphatic carbocycles. The molecule has 17 heavy (non-hydrogen) atoms. The van der Waals surface area contributed by atoms with Crippen LogP contribution in [0.5, 0.6) is 0 Å². The Kier molecular flexibility index (Phi) is 2.71. The lowest BCUT2D eigenvalue weighted by molar-refractivity contribution is 1.02. The van der Waals surface area contributed by atoms with Crippen molar-refractivity contribution >= 4 is 11.8 Å². The molecule has 1 heteroatoms. The molecular formula is C16H16S. The Morgan fingerprint density at radius 2 is 1.00 bits per heavy atom. The zero-order valence-corrected chi connectivity index (χ0v) is 11.0. The lowest BCUT2D eigenvalue weighted by atomic mass is 10.0. The molecule has 0 aromatic heterocycles. The van der Waals surface area contributed by atoms with Gasteiger partial charge in [0.15, 0.2) is 0 Å². The molecule has 0 nitrogen and oxygen atoms in total. The van der Waals surface area contributed by atoms with Crippen molar-refractivity contribution in [1.82, 2.24) is 0 Å². The molecule has 1 aliphatic heterocycles. The van der Waals surface area contributed by atoms with E-state index in [0.29, 0.717) is 10.5 Å². The predicted octanol–water partition coefficient (Wildman–Crippen LogP) is 4.83. The zero-order valence-electron chi connectivity index (χ0n) is 10.2. The van der Waals surface area contributed by atoms with Crippen LogP contribution in [0.2, 0.25) is 0 Å². The lowest BCUT2D eigenvalue weighted by Gasteiger charge is -2.01. The van der Waals surface area contributed by atoms with Gasteiger partial charge in [0, 0.05) is 10.5 Å². The third-order valence-corrected chi connectivity index (χ3v) is 4.66. The van der Waals surface area contributed by atoms with Crippen molar-refractivity contribution in [3.8, 4) is 0 Å². The first-order valence-corrected chi connectivity index (χ1v) is 6.97. The summed E-state index contributed by atoms with van der Waals surface area (Å²) in [5.74, 6) is 0. The molecule has 0 bridgehead atoms. The normalized spacial score (nSPS) is 22.5. The molecular weight excluding hydrogens is 224 g/mol. The van der Waals surface area contributed by atoms with Gasteiger partial charge in [0.25, 0.3) is 0 Å². The van der Waals surface area contributed by atoms with Gasteiger partial charge in [-0.3, -0.25) is 0 Å². The van der Waals surface area contributed by atoms with Crippen molar-refractivity contribution in [3.63, 3.8) is 0 Å². The van der Waals surface area contributed by atoms with E-state index in [0.717, 1.165) is 0 Å². The quantitative estimate of drug-likeness (QED) is 0.677. The molecule has 0 amide bonds. The summed E-state index contributed by atoms with van der Waals surface area (Å²) in [6.07, 6.45) is 0. The van der Waals surface area contributed by atoms with E-state index in [1.807, 2.05) is 0 Å². The van der Waals surface area contributed by atoms with Gasteiger partial charge in [-0.15, -0.1) is 11.8 Å². The fraction of sp³-hybridized carbons (Fsp3) is 0.250. The van der Waals surface area contributed by atoms with Gasteiger partial charge in [0.05, 0.1) is 0 Å². The largest absolute Gasteiger partial charge is 0.143 e. The molecule has 0 spiro atoms. The van der Waals surface area contributed by atoms with Crippen molar-refractivity contribution in [2.45, 2.75) is 24.3 Å². The Morgan fingerprint density at radius 1 is 0.647 bits per heavy atom. The van der Waals surface area contributed by atoms with Gasteiger partial charge in [0.1, 0.15) is 0 Å². The molecule has 2 atom stereocenters. The highest BCUT2D eigenvalue weighted by atomic mass is 32.2. The van der Waals surface area contributed by atoms with Crippen LogP contribution in [0.1, 0.15) is 32.8 Å². The maximum atomic E-state index is 2.27. The Morgan fingerprint density at radius 3 is 1.35 bits per heavy atom. The van der Waals surface area contributed by atoms with E-state index in [2.05, 4.69) is 74.1 Å². The topological polar surface area (TPSA) is 0 Å². The third-order valence-electron chi connectivity index (χ3n) is 3.30. The van der Waals surface area contributed by atoms with Crippen molar-refractivity contribution in [2.75, 3.05) is 0 Å². The summed E-state index contributed by atoms with van der Waals surface area (Å²) in [5.41, 5.74) is 5.61. The van der Waals surface area contributed by atoms with Crippen LogP contribution in [-0.2, 0) is 0 Å². The Hall–Kier alpha value is -1.21. The van der Waals surface area contributed by atoms with Gasteiger partial charge in [-0.05, 0) is 25.0 Å². The molecule has 3 rings (SSSR count).